The van der Waals surface area contributed by atoms with Gasteiger partial charge in [0, 0.05) is 17.1 Å². The largest absolute Gasteiger partial charge is 0.416 e. The van der Waals surface area contributed by atoms with E-state index in [1.165, 1.54) is 0 Å². The van der Waals surface area contributed by atoms with Gasteiger partial charge in [0.25, 0.3) is 0 Å². The lowest BCUT2D eigenvalue weighted by Crippen LogP contribution is -2.13. The summed E-state index contributed by atoms with van der Waals surface area (Å²) in [6.45, 7) is -0.0200. The van der Waals surface area contributed by atoms with Crippen LogP contribution in [0.4, 0.5) is 13.2 Å². The Bertz CT molecular complexity index is 381. The highest BCUT2D eigenvalue weighted by molar-refractivity contribution is 9.10. The average Bonchev–Trinajstić information content (AvgIpc) is 2.23. The van der Waals surface area contributed by atoms with Crippen LogP contribution in [0.25, 0.3) is 0 Å². The predicted molar refractivity (Wildman–Crippen MR) is 62.4 cm³/mol. The lowest BCUT2D eigenvalue weighted by molar-refractivity contribution is -0.137. The van der Waals surface area contributed by atoms with Crippen molar-refractivity contribution in [2.24, 2.45) is 5.73 Å². The number of rotatable bonds is 4. The highest BCUT2D eigenvalue weighted by atomic mass is 79.9. The third kappa shape index (κ3) is 4.29. The van der Waals surface area contributed by atoms with E-state index in [4.69, 9.17) is 10.8 Å². The lowest BCUT2D eigenvalue weighted by Gasteiger charge is -2.15. The number of nitrogens with two attached hydrogens (primary N) is 1. The molecule has 0 fully saturated rings. The Labute approximate surface area is 106 Å². The maximum absolute atomic E-state index is 12.6. The molecule has 0 heterocycles. The Morgan fingerprint density at radius 1 is 1.29 bits per heavy atom. The molecule has 0 amide bonds. The molecule has 0 spiro atoms. The van der Waals surface area contributed by atoms with Crippen LogP contribution in [0.5, 0.6) is 0 Å². The van der Waals surface area contributed by atoms with Gasteiger partial charge in [0.05, 0.1) is 5.56 Å². The van der Waals surface area contributed by atoms with Crippen molar-refractivity contribution >= 4 is 15.9 Å². The van der Waals surface area contributed by atoms with Crippen molar-refractivity contribution in [3.63, 3.8) is 0 Å². The van der Waals surface area contributed by atoms with Crippen LogP contribution < -0.4 is 5.73 Å². The van der Waals surface area contributed by atoms with Gasteiger partial charge in [0.1, 0.15) is 0 Å². The average molecular weight is 312 g/mol. The SMILES string of the molecule is N[C@@H](CCCO)c1cc(Br)cc(C(F)(F)F)c1. The minimum absolute atomic E-state index is 0.0200. The van der Waals surface area contributed by atoms with E-state index in [1.54, 1.807) is 6.07 Å². The zero-order valence-electron chi connectivity index (χ0n) is 8.97. The molecule has 17 heavy (non-hydrogen) atoms. The fraction of sp³-hybridized carbons (Fsp3) is 0.455. The predicted octanol–water partition coefficient (Wildman–Crippen LogP) is 3.24. The molecule has 1 rings (SSSR count). The second kappa shape index (κ2) is 5.84. The lowest BCUT2D eigenvalue weighted by atomic mass is 10.0. The maximum atomic E-state index is 12.6. The monoisotopic (exact) mass is 311 g/mol. The van der Waals surface area contributed by atoms with E-state index in [2.05, 4.69) is 15.9 Å². The molecule has 0 saturated heterocycles. The summed E-state index contributed by atoms with van der Waals surface area (Å²) in [7, 11) is 0. The van der Waals surface area contributed by atoms with Gasteiger partial charge in [-0.3, -0.25) is 0 Å². The second-order valence-electron chi connectivity index (χ2n) is 3.74. The summed E-state index contributed by atoms with van der Waals surface area (Å²) < 4.78 is 38.0. The first-order valence-electron chi connectivity index (χ1n) is 5.08. The van der Waals surface area contributed by atoms with E-state index < -0.39 is 17.8 Å². The fourth-order valence-electron chi connectivity index (χ4n) is 1.47. The van der Waals surface area contributed by atoms with Crippen LogP contribution in [0.1, 0.15) is 30.0 Å². The molecule has 1 aromatic carbocycles. The van der Waals surface area contributed by atoms with Crippen molar-refractivity contribution in [2.75, 3.05) is 6.61 Å². The number of hydrogen-bond donors (Lipinski definition) is 2. The first-order valence-corrected chi connectivity index (χ1v) is 5.88. The summed E-state index contributed by atoms with van der Waals surface area (Å²) in [4.78, 5) is 0. The highest BCUT2D eigenvalue weighted by Gasteiger charge is 2.31. The van der Waals surface area contributed by atoms with Crippen LogP contribution in [0.15, 0.2) is 22.7 Å². The Morgan fingerprint density at radius 2 is 1.94 bits per heavy atom. The maximum Gasteiger partial charge on any atom is 0.416 e. The number of benzene rings is 1. The Hall–Kier alpha value is -0.590. The zero-order valence-corrected chi connectivity index (χ0v) is 10.6. The van der Waals surface area contributed by atoms with Crippen molar-refractivity contribution in [1.82, 2.24) is 0 Å². The van der Waals surface area contributed by atoms with Gasteiger partial charge in [0.15, 0.2) is 0 Å². The molecule has 0 bridgehead atoms. The van der Waals surface area contributed by atoms with E-state index in [0.717, 1.165) is 12.1 Å². The van der Waals surface area contributed by atoms with Gasteiger partial charge < -0.3 is 10.8 Å². The van der Waals surface area contributed by atoms with Gasteiger partial charge in [-0.25, -0.2) is 0 Å². The van der Waals surface area contributed by atoms with Gasteiger partial charge >= 0.3 is 6.18 Å². The van der Waals surface area contributed by atoms with Gasteiger partial charge in [0.2, 0.25) is 0 Å². The molecule has 3 N–H and O–H groups in total. The molecule has 2 nitrogen and oxygen atoms in total. The first kappa shape index (κ1) is 14.5. The van der Waals surface area contributed by atoms with Crippen molar-refractivity contribution in [3.8, 4) is 0 Å². The number of halogens is 4. The summed E-state index contributed by atoms with van der Waals surface area (Å²) >= 11 is 3.04. The van der Waals surface area contributed by atoms with Crippen molar-refractivity contribution in [1.29, 1.82) is 0 Å². The normalized spacial score (nSPS) is 13.8. The van der Waals surface area contributed by atoms with Crippen LogP contribution in [-0.4, -0.2) is 11.7 Å². The molecule has 0 unspecified atom stereocenters. The van der Waals surface area contributed by atoms with E-state index in [0.29, 0.717) is 22.9 Å². The van der Waals surface area contributed by atoms with E-state index in [1.807, 2.05) is 0 Å². The Balaban J connectivity index is 2.97. The highest BCUT2D eigenvalue weighted by Crippen LogP contribution is 2.33. The molecule has 0 aliphatic rings. The van der Waals surface area contributed by atoms with E-state index in [-0.39, 0.29) is 6.61 Å². The van der Waals surface area contributed by atoms with Gasteiger partial charge in [-0.15, -0.1) is 0 Å². The Morgan fingerprint density at radius 3 is 2.47 bits per heavy atom. The molecule has 96 valence electrons. The molecule has 0 aliphatic carbocycles. The summed E-state index contributed by atoms with van der Waals surface area (Å²) in [5.41, 5.74) is 5.46. The number of aliphatic hydroxyl groups excluding tert-OH is 1. The van der Waals surface area contributed by atoms with Crippen LogP contribution in [0.3, 0.4) is 0 Å². The van der Waals surface area contributed by atoms with Crippen molar-refractivity contribution < 1.29 is 18.3 Å². The van der Waals surface area contributed by atoms with Crippen LogP contribution >= 0.6 is 15.9 Å². The number of hydrogen-bond acceptors (Lipinski definition) is 2. The standard InChI is InChI=1S/C11H13BrF3NO/c12-9-5-7(10(16)2-1-3-17)4-8(6-9)11(13,14)15/h4-6,10,17H,1-3,16H2/t10-/m0/s1. The summed E-state index contributed by atoms with van der Waals surface area (Å²) in [6.07, 6.45) is -3.46. The van der Waals surface area contributed by atoms with E-state index in [9.17, 15) is 13.2 Å². The summed E-state index contributed by atoms with van der Waals surface area (Å²) in [5, 5.41) is 8.66. The Kier molecular flexibility index (Phi) is 4.97. The molecule has 0 radical (unpaired) electrons. The zero-order chi connectivity index (χ0) is 13.1. The first-order chi connectivity index (χ1) is 7.84. The second-order valence-corrected chi connectivity index (χ2v) is 4.66. The van der Waals surface area contributed by atoms with Crippen molar-refractivity contribution in [2.45, 2.75) is 25.1 Å². The minimum atomic E-state index is -4.38. The minimum Gasteiger partial charge on any atom is -0.396 e. The summed E-state index contributed by atoms with van der Waals surface area (Å²) in [5.74, 6) is 0. The molecule has 0 aromatic heterocycles. The van der Waals surface area contributed by atoms with E-state index >= 15 is 0 Å². The molecule has 0 aliphatic heterocycles. The quantitative estimate of drug-likeness (QED) is 0.896. The molecule has 1 aromatic rings. The van der Waals surface area contributed by atoms with Gasteiger partial charge in [-0.1, -0.05) is 15.9 Å². The number of alkyl halides is 3. The smallest absolute Gasteiger partial charge is 0.396 e. The van der Waals surface area contributed by atoms with Gasteiger partial charge in [-0.2, -0.15) is 13.2 Å². The summed E-state index contributed by atoms with van der Waals surface area (Å²) in [6, 6.07) is 3.13. The topological polar surface area (TPSA) is 46.2 Å². The van der Waals surface area contributed by atoms with Crippen LogP contribution in [0, 0.1) is 0 Å². The molecule has 0 saturated carbocycles. The third-order valence-electron chi connectivity index (χ3n) is 2.35. The van der Waals surface area contributed by atoms with Crippen LogP contribution in [-0.2, 0) is 6.18 Å². The molecular formula is C11H13BrF3NO. The fourth-order valence-corrected chi connectivity index (χ4v) is 1.98. The molecule has 6 heteroatoms. The number of aliphatic hydroxyl groups is 1. The molecule has 1 atom stereocenters. The molecular weight excluding hydrogens is 299 g/mol. The van der Waals surface area contributed by atoms with Crippen LogP contribution in [0.2, 0.25) is 0 Å². The van der Waals surface area contributed by atoms with Crippen molar-refractivity contribution in [3.05, 3.63) is 33.8 Å². The third-order valence-corrected chi connectivity index (χ3v) is 2.81. The van der Waals surface area contributed by atoms with Gasteiger partial charge in [-0.05, 0) is 36.6 Å².